The molecule has 1 aromatic rings. The van der Waals surface area contributed by atoms with Gasteiger partial charge in [-0.3, -0.25) is 9.52 Å². The van der Waals surface area contributed by atoms with Crippen molar-refractivity contribution in [2.75, 3.05) is 18.0 Å². The van der Waals surface area contributed by atoms with E-state index in [1.807, 2.05) is 0 Å². The minimum atomic E-state index is -3.37. The molecule has 0 atom stereocenters. The van der Waals surface area contributed by atoms with E-state index in [0.717, 1.165) is 6.26 Å². The summed E-state index contributed by atoms with van der Waals surface area (Å²) in [5, 5.41) is 2.61. The van der Waals surface area contributed by atoms with Crippen molar-refractivity contribution in [1.29, 1.82) is 0 Å². The molecular formula is C9H11ClN2O3S. The summed E-state index contributed by atoms with van der Waals surface area (Å²) in [5.74, 6) is -0.284. The molecule has 0 fully saturated rings. The van der Waals surface area contributed by atoms with Crippen LogP contribution in [0.3, 0.4) is 0 Å². The van der Waals surface area contributed by atoms with Gasteiger partial charge in [0.15, 0.2) is 0 Å². The van der Waals surface area contributed by atoms with Crippen LogP contribution >= 0.6 is 11.6 Å². The maximum absolute atomic E-state index is 11.3. The van der Waals surface area contributed by atoms with E-state index in [1.54, 1.807) is 0 Å². The largest absolute Gasteiger partial charge is 0.355 e. The van der Waals surface area contributed by atoms with Gasteiger partial charge in [0.1, 0.15) is 0 Å². The fourth-order valence-corrected chi connectivity index (χ4v) is 1.94. The number of rotatable bonds is 3. The van der Waals surface area contributed by atoms with Crippen LogP contribution in [0.5, 0.6) is 0 Å². The molecule has 0 aliphatic rings. The zero-order valence-corrected chi connectivity index (χ0v) is 10.3. The first kappa shape index (κ1) is 12.8. The van der Waals surface area contributed by atoms with Crippen LogP contribution in [0, 0.1) is 0 Å². The number of carbonyl (C=O) groups is 1. The average molecular weight is 263 g/mol. The third-order valence-electron chi connectivity index (χ3n) is 1.75. The second-order valence-electron chi connectivity index (χ2n) is 3.15. The molecule has 0 aliphatic heterocycles. The predicted octanol–water partition coefficient (Wildman–Crippen LogP) is 1.07. The summed E-state index contributed by atoms with van der Waals surface area (Å²) in [6, 6.07) is 4.32. The van der Waals surface area contributed by atoms with Crippen LogP contribution in [0.4, 0.5) is 5.69 Å². The molecule has 0 aliphatic carbocycles. The van der Waals surface area contributed by atoms with Gasteiger partial charge >= 0.3 is 0 Å². The van der Waals surface area contributed by atoms with Crippen molar-refractivity contribution in [3.63, 3.8) is 0 Å². The van der Waals surface area contributed by atoms with Gasteiger partial charge in [-0.15, -0.1) is 0 Å². The highest BCUT2D eigenvalue weighted by Gasteiger charge is 2.09. The number of nitrogens with one attached hydrogen (secondary N) is 2. The lowest BCUT2D eigenvalue weighted by molar-refractivity contribution is 0.0963. The van der Waals surface area contributed by atoms with Crippen molar-refractivity contribution in [3.8, 4) is 0 Å². The van der Waals surface area contributed by atoms with Crippen LogP contribution in [0.15, 0.2) is 18.2 Å². The Balaban J connectivity index is 3.05. The first-order chi connectivity index (χ1) is 7.33. The van der Waals surface area contributed by atoms with Gasteiger partial charge in [-0.25, -0.2) is 8.42 Å². The Kier molecular flexibility index (Phi) is 3.77. The van der Waals surface area contributed by atoms with Gasteiger partial charge in [-0.05, 0) is 18.2 Å². The Labute approximate surface area is 98.9 Å². The lowest BCUT2D eigenvalue weighted by Crippen LogP contribution is -2.18. The first-order valence-corrected chi connectivity index (χ1v) is 6.60. The van der Waals surface area contributed by atoms with Crippen LogP contribution in [-0.2, 0) is 10.0 Å². The number of hydrogen-bond acceptors (Lipinski definition) is 3. The number of amides is 1. The average Bonchev–Trinajstić information content (AvgIpc) is 2.18. The monoisotopic (exact) mass is 262 g/mol. The summed E-state index contributed by atoms with van der Waals surface area (Å²) in [4.78, 5) is 11.3. The topological polar surface area (TPSA) is 75.3 Å². The third-order valence-corrected chi connectivity index (χ3v) is 2.66. The molecule has 7 heteroatoms. The molecule has 0 heterocycles. The second kappa shape index (κ2) is 4.71. The molecule has 5 nitrogen and oxygen atoms in total. The van der Waals surface area contributed by atoms with Crippen LogP contribution < -0.4 is 10.0 Å². The van der Waals surface area contributed by atoms with Crippen LogP contribution in [0.2, 0.25) is 5.02 Å². The summed E-state index contributed by atoms with van der Waals surface area (Å²) < 4.78 is 24.2. The summed E-state index contributed by atoms with van der Waals surface area (Å²) in [5.41, 5.74) is 0.614. The predicted molar refractivity (Wildman–Crippen MR) is 63.3 cm³/mol. The molecule has 0 aromatic heterocycles. The van der Waals surface area contributed by atoms with Gasteiger partial charge in [0, 0.05) is 12.6 Å². The number of carbonyl (C=O) groups excluding carboxylic acids is 1. The summed E-state index contributed by atoms with van der Waals surface area (Å²) in [7, 11) is -1.87. The van der Waals surface area contributed by atoms with Crippen molar-refractivity contribution in [1.82, 2.24) is 5.32 Å². The number of sulfonamides is 1. The van der Waals surface area contributed by atoms with Crippen molar-refractivity contribution >= 4 is 33.2 Å². The zero-order chi connectivity index (χ0) is 12.3. The zero-order valence-electron chi connectivity index (χ0n) is 8.74. The Morgan fingerprint density at radius 2 is 2.00 bits per heavy atom. The van der Waals surface area contributed by atoms with E-state index in [9.17, 15) is 13.2 Å². The highest BCUT2D eigenvalue weighted by atomic mass is 35.5. The van der Waals surface area contributed by atoms with E-state index < -0.39 is 10.0 Å². The van der Waals surface area contributed by atoms with Crippen LogP contribution in [0.1, 0.15) is 10.4 Å². The van der Waals surface area contributed by atoms with Gasteiger partial charge in [0.05, 0.1) is 17.0 Å². The minimum Gasteiger partial charge on any atom is -0.355 e. The molecule has 1 aromatic carbocycles. The molecule has 0 spiro atoms. The molecule has 0 radical (unpaired) electrons. The summed E-state index contributed by atoms with van der Waals surface area (Å²) in [6.07, 6.45) is 1.02. The molecule has 88 valence electrons. The number of anilines is 1. The molecule has 1 rings (SSSR count). The van der Waals surface area contributed by atoms with Crippen molar-refractivity contribution in [2.45, 2.75) is 0 Å². The lowest BCUT2D eigenvalue weighted by Gasteiger charge is -2.07. The third kappa shape index (κ3) is 3.39. The molecule has 16 heavy (non-hydrogen) atoms. The highest BCUT2D eigenvalue weighted by Crippen LogP contribution is 2.23. The Bertz CT molecular complexity index is 513. The normalized spacial score (nSPS) is 10.9. The number of halogens is 1. The molecular weight excluding hydrogens is 252 g/mol. The number of hydrogen-bond donors (Lipinski definition) is 2. The molecule has 2 N–H and O–H groups in total. The molecule has 0 saturated carbocycles. The first-order valence-electron chi connectivity index (χ1n) is 4.33. The maximum atomic E-state index is 11.3. The quantitative estimate of drug-likeness (QED) is 0.856. The summed E-state index contributed by atoms with van der Waals surface area (Å²) >= 11 is 5.83. The Morgan fingerprint density at radius 3 is 2.44 bits per heavy atom. The van der Waals surface area contributed by atoms with Gasteiger partial charge in [-0.1, -0.05) is 11.6 Å². The van der Waals surface area contributed by atoms with E-state index in [1.165, 1.54) is 25.2 Å². The van der Waals surface area contributed by atoms with Crippen molar-refractivity contribution in [3.05, 3.63) is 28.8 Å². The van der Waals surface area contributed by atoms with E-state index in [0.29, 0.717) is 5.56 Å². The Morgan fingerprint density at radius 1 is 1.38 bits per heavy atom. The van der Waals surface area contributed by atoms with E-state index >= 15 is 0 Å². The van der Waals surface area contributed by atoms with E-state index in [-0.39, 0.29) is 16.6 Å². The molecule has 0 saturated heterocycles. The summed E-state index contributed by atoms with van der Waals surface area (Å²) in [6.45, 7) is 0. The highest BCUT2D eigenvalue weighted by molar-refractivity contribution is 7.92. The van der Waals surface area contributed by atoms with Crippen molar-refractivity contribution < 1.29 is 13.2 Å². The maximum Gasteiger partial charge on any atom is 0.251 e. The van der Waals surface area contributed by atoms with E-state index in [4.69, 9.17) is 11.6 Å². The fraction of sp³-hybridized carbons (Fsp3) is 0.222. The van der Waals surface area contributed by atoms with E-state index in [2.05, 4.69) is 10.0 Å². The Hall–Kier alpha value is -1.27. The standard InChI is InChI=1S/C9H11ClN2O3S/c1-11-9(13)6-3-4-8(7(10)5-6)12-16(2,14)15/h3-5,12H,1-2H3,(H,11,13). The smallest absolute Gasteiger partial charge is 0.251 e. The fourth-order valence-electron chi connectivity index (χ4n) is 1.08. The van der Waals surface area contributed by atoms with Gasteiger partial charge in [0.25, 0.3) is 5.91 Å². The van der Waals surface area contributed by atoms with Gasteiger partial charge < -0.3 is 5.32 Å². The molecule has 0 bridgehead atoms. The van der Waals surface area contributed by atoms with Crippen molar-refractivity contribution in [2.24, 2.45) is 0 Å². The second-order valence-corrected chi connectivity index (χ2v) is 5.30. The molecule has 0 unspecified atom stereocenters. The van der Waals surface area contributed by atoms with Gasteiger partial charge in [0.2, 0.25) is 10.0 Å². The number of benzene rings is 1. The van der Waals surface area contributed by atoms with Gasteiger partial charge in [-0.2, -0.15) is 0 Å². The SMILES string of the molecule is CNC(=O)c1ccc(NS(C)(=O)=O)c(Cl)c1. The van der Waals surface area contributed by atoms with Crippen LogP contribution in [0.25, 0.3) is 0 Å². The molecule has 1 amide bonds. The lowest BCUT2D eigenvalue weighted by atomic mass is 10.2. The van der Waals surface area contributed by atoms with Crippen LogP contribution in [-0.4, -0.2) is 27.6 Å². The minimum absolute atomic E-state index is 0.173.